The Balaban J connectivity index is 2.16. The molecule has 3 aromatic rings. The van der Waals surface area contributed by atoms with Gasteiger partial charge in [-0.3, -0.25) is 14.9 Å². The van der Waals surface area contributed by atoms with Crippen molar-refractivity contribution in [2.24, 2.45) is 5.10 Å². The molecule has 162 valence electrons. The minimum absolute atomic E-state index is 0.132. The summed E-state index contributed by atoms with van der Waals surface area (Å²) in [6, 6.07) is 9.95. The molecule has 2 aromatic carbocycles. The molecule has 8 nitrogen and oxygen atoms in total. The summed E-state index contributed by atoms with van der Waals surface area (Å²) in [5, 5.41) is 16.3. The first-order chi connectivity index (χ1) is 14.8. The summed E-state index contributed by atoms with van der Waals surface area (Å²) < 4.78 is 7.85. The minimum Gasteiger partial charge on any atom is -0.483 e. The maximum atomic E-state index is 13.1. The summed E-state index contributed by atoms with van der Waals surface area (Å²) in [6.45, 7) is 5.76. The summed E-state index contributed by atoms with van der Waals surface area (Å²) >= 11 is 3.38. The molecule has 0 amide bonds. The Morgan fingerprint density at radius 1 is 1.32 bits per heavy atom. The third kappa shape index (κ3) is 4.99. The van der Waals surface area contributed by atoms with Gasteiger partial charge in [0.25, 0.3) is 5.56 Å². The fourth-order valence-corrected chi connectivity index (χ4v) is 3.38. The van der Waals surface area contributed by atoms with Crippen LogP contribution in [0.15, 0.2) is 50.8 Å². The Morgan fingerprint density at radius 2 is 2.10 bits per heavy atom. The smallest absolute Gasteiger partial charge is 0.311 e. The van der Waals surface area contributed by atoms with Gasteiger partial charge in [0.15, 0.2) is 0 Å². The number of rotatable bonds is 8. The Labute approximate surface area is 187 Å². The van der Waals surface area contributed by atoms with Crippen molar-refractivity contribution in [2.45, 2.75) is 46.1 Å². The molecule has 0 saturated heterocycles. The number of nitro benzene ring substituents is 1. The molecule has 0 spiro atoms. The van der Waals surface area contributed by atoms with Crippen LogP contribution in [0.25, 0.3) is 10.9 Å². The van der Waals surface area contributed by atoms with Crippen molar-refractivity contribution in [3.8, 4) is 5.75 Å². The molecule has 0 N–H and O–H groups in total. The van der Waals surface area contributed by atoms with E-state index in [9.17, 15) is 14.9 Å². The molecule has 1 heterocycles. The number of aryl methyl sites for hydroxylation is 1. The quantitative estimate of drug-likeness (QED) is 0.251. The summed E-state index contributed by atoms with van der Waals surface area (Å²) in [7, 11) is 0. The van der Waals surface area contributed by atoms with Gasteiger partial charge in [0, 0.05) is 22.5 Å². The van der Waals surface area contributed by atoms with Gasteiger partial charge in [0.2, 0.25) is 5.75 Å². The lowest BCUT2D eigenvalue weighted by molar-refractivity contribution is -0.386. The zero-order valence-corrected chi connectivity index (χ0v) is 19.1. The first-order valence-corrected chi connectivity index (χ1v) is 10.8. The van der Waals surface area contributed by atoms with Crippen molar-refractivity contribution >= 4 is 38.7 Å². The number of fused-ring (bicyclic) bond motifs is 1. The van der Waals surface area contributed by atoms with Crippen molar-refractivity contribution in [1.82, 2.24) is 9.66 Å². The molecule has 0 aliphatic carbocycles. The summed E-state index contributed by atoms with van der Waals surface area (Å²) in [5.41, 5.74) is 0.559. The number of halogens is 1. The Kier molecular flexibility index (Phi) is 7.17. The number of benzene rings is 2. The Morgan fingerprint density at radius 3 is 2.77 bits per heavy atom. The van der Waals surface area contributed by atoms with Crippen LogP contribution in [0.1, 0.15) is 45.0 Å². The van der Waals surface area contributed by atoms with E-state index in [-0.39, 0.29) is 23.1 Å². The largest absolute Gasteiger partial charge is 0.483 e. The number of aromatic nitrogens is 2. The topological polar surface area (TPSA) is 99.6 Å². The van der Waals surface area contributed by atoms with Crippen LogP contribution < -0.4 is 10.3 Å². The normalized spacial score (nSPS) is 12.4. The monoisotopic (exact) mass is 486 g/mol. The molecule has 0 fully saturated rings. The van der Waals surface area contributed by atoms with E-state index in [1.165, 1.54) is 17.0 Å². The number of nitro groups is 1. The molecule has 9 heteroatoms. The average molecular weight is 487 g/mol. The van der Waals surface area contributed by atoms with E-state index in [1.54, 1.807) is 24.3 Å². The van der Waals surface area contributed by atoms with Gasteiger partial charge in [0.05, 0.1) is 28.1 Å². The van der Waals surface area contributed by atoms with E-state index < -0.39 is 4.92 Å². The third-order valence-electron chi connectivity index (χ3n) is 4.78. The highest BCUT2D eigenvalue weighted by Gasteiger charge is 2.20. The van der Waals surface area contributed by atoms with Crippen LogP contribution in [0.2, 0.25) is 0 Å². The van der Waals surface area contributed by atoms with E-state index in [0.717, 1.165) is 10.9 Å². The van der Waals surface area contributed by atoms with Gasteiger partial charge in [-0.15, -0.1) is 0 Å². The molecule has 1 aromatic heterocycles. The van der Waals surface area contributed by atoms with Crippen molar-refractivity contribution in [2.75, 3.05) is 0 Å². The van der Waals surface area contributed by atoms with E-state index in [4.69, 9.17) is 4.74 Å². The van der Waals surface area contributed by atoms with Gasteiger partial charge in [-0.25, -0.2) is 4.98 Å². The second-order valence-electron chi connectivity index (χ2n) is 7.09. The number of hydrogen-bond acceptors (Lipinski definition) is 6. The fraction of sp³-hybridized carbons (Fsp3) is 0.318. The Hall–Kier alpha value is -3.07. The lowest BCUT2D eigenvalue weighted by Gasteiger charge is -2.14. The van der Waals surface area contributed by atoms with Crippen molar-refractivity contribution < 1.29 is 9.66 Å². The average Bonchev–Trinajstić information content (AvgIpc) is 2.74. The van der Waals surface area contributed by atoms with Crippen LogP contribution in [0.4, 0.5) is 5.69 Å². The molecule has 0 radical (unpaired) electrons. The predicted molar refractivity (Wildman–Crippen MR) is 124 cm³/mol. The zero-order chi connectivity index (χ0) is 22.5. The highest BCUT2D eigenvalue weighted by molar-refractivity contribution is 9.10. The molecular weight excluding hydrogens is 464 g/mol. The maximum Gasteiger partial charge on any atom is 0.311 e. The highest BCUT2D eigenvalue weighted by Crippen LogP contribution is 2.31. The lowest BCUT2D eigenvalue weighted by Crippen LogP contribution is -2.22. The SMILES string of the molecule is CCCc1nc2ccc(Br)cc2c(=O)n1N=Cc1cccc([N+](=O)[O-])c1O[C@H](C)CC. The van der Waals surface area contributed by atoms with E-state index in [0.29, 0.717) is 35.1 Å². The molecule has 1 atom stereocenters. The molecular formula is C22H23BrN4O4. The van der Waals surface area contributed by atoms with Crippen LogP contribution in [0.3, 0.4) is 0 Å². The highest BCUT2D eigenvalue weighted by atomic mass is 79.9. The van der Waals surface area contributed by atoms with E-state index >= 15 is 0 Å². The van der Waals surface area contributed by atoms with Gasteiger partial charge in [-0.1, -0.05) is 35.8 Å². The standard InChI is InChI=1S/C22H23BrN4O4/c1-4-7-20-25-18-11-10-16(23)12-17(18)22(28)26(20)24-13-15-8-6-9-19(27(29)30)21(15)31-14(3)5-2/h6,8-14H,4-5,7H2,1-3H3/t14-/m1/s1. The molecule has 0 saturated carbocycles. The van der Waals surface area contributed by atoms with Gasteiger partial charge in [-0.2, -0.15) is 9.78 Å². The third-order valence-corrected chi connectivity index (χ3v) is 5.27. The molecule has 0 aliphatic rings. The molecule has 3 rings (SSSR count). The van der Waals surface area contributed by atoms with Gasteiger partial charge < -0.3 is 4.74 Å². The number of hydrogen-bond donors (Lipinski definition) is 0. The van der Waals surface area contributed by atoms with Gasteiger partial charge >= 0.3 is 5.69 Å². The minimum atomic E-state index is -0.487. The van der Waals surface area contributed by atoms with E-state index in [2.05, 4.69) is 26.0 Å². The van der Waals surface area contributed by atoms with Crippen LogP contribution in [0, 0.1) is 10.1 Å². The van der Waals surface area contributed by atoms with Gasteiger partial charge in [-0.05, 0) is 44.0 Å². The van der Waals surface area contributed by atoms with Crippen molar-refractivity contribution in [3.05, 3.63) is 72.7 Å². The number of nitrogens with zero attached hydrogens (tertiary/aromatic N) is 4. The van der Waals surface area contributed by atoms with Crippen molar-refractivity contribution in [1.29, 1.82) is 0 Å². The van der Waals surface area contributed by atoms with E-state index in [1.807, 2.05) is 26.8 Å². The first-order valence-electron chi connectivity index (χ1n) is 10.0. The molecule has 0 bridgehead atoms. The van der Waals surface area contributed by atoms with Crippen LogP contribution in [0.5, 0.6) is 5.75 Å². The molecule has 0 unspecified atom stereocenters. The molecule has 0 aliphatic heterocycles. The zero-order valence-electron chi connectivity index (χ0n) is 17.5. The fourth-order valence-electron chi connectivity index (χ4n) is 3.02. The summed E-state index contributed by atoms with van der Waals surface area (Å²) in [6.07, 6.45) is 3.22. The lowest BCUT2D eigenvalue weighted by atomic mass is 10.2. The second kappa shape index (κ2) is 9.82. The first kappa shape index (κ1) is 22.6. The number of ether oxygens (including phenoxy) is 1. The second-order valence-corrected chi connectivity index (χ2v) is 8.01. The summed E-state index contributed by atoms with van der Waals surface area (Å²) in [4.78, 5) is 28.7. The van der Waals surface area contributed by atoms with Crippen LogP contribution in [-0.4, -0.2) is 26.9 Å². The van der Waals surface area contributed by atoms with Crippen molar-refractivity contribution in [3.63, 3.8) is 0 Å². The van der Waals surface area contributed by atoms with Crippen LogP contribution in [-0.2, 0) is 6.42 Å². The van der Waals surface area contributed by atoms with Gasteiger partial charge in [0.1, 0.15) is 5.82 Å². The summed E-state index contributed by atoms with van der Waals surface area (Å²) in [5.74, 6) is 0.653. The van der Waals surface area contributed by atoms with Crippen LogP contribution >= 0.6 is 15.9 Å². The molecule has 31 heavy (non-hydrogen) atoms. The maximum absolute atomic E-state index is 13.1. The Bertz CT molecular complexity index is 1210. The predicted octanol–water partition coefficient (Wildman–Crippen LogP) is 5.08. The number of para-hydroxylation sites is 1.